The molecule has 0 heterocycles. The van der Waals surface area contributed by atoms with E-state index in [1.165, 1.54) is 7.11 Å². The minimum absolute atomic E-state index is 0.176. The number of ether oxygens (including phenoxy) is 1. The van der Waals surface area contributed by atoms with Crippen LogP contribution in [0.1, 0.15) is 40.0 Å². The van der Waals surface area contributed by atoms with Gasteiger partial charge in [0.05, 0.1) is 25.1 Å². The second-order valence-corrected chi connectivity index (χ2v) is 4.02. The topological polar surface area (TPSA) is 81.4 Å². The molecule has 0 saturated carbocycles. The van der Waals surface area contributed by atoms with Gasteiger partial charge >= 0.3 is 5.97 Å². The lowest BCUT2D eigenvalue weighted by Gasteiger charge is -2.32. The highest BCUT2D eigenvalue weighted by Gasteiger charge is 2.32. The zero-order valence-corrected chi connectivity index (χ0v) is 10.5. The van der Waals surface area contributed by atoms with Crippen molar-refractivity contribution in [1.29, 1.82) is 0 Å². The number of amides is 1. The summed E-state index contributed by atoms with van der Waals surface area (Å²) >= 11 is 0. The van der Waals surface area contributed by atoms with E-state index in [1.807, 2.05) is 13.8 Å². The Morgan fingerprint density at radius 2 is 1.88 bits per heavy atom. The summed E-state index contributed by atoms with van der Waals surface area (Å²) in [6, 6.07) is -0.574. The van der Waals surface area contributed by atoms with Crippen LogP contribution in [-0.2, 0) is 14.3 Å². The summed E-state index contributed by atoms with van der Waals surface area (Å²) in [6.45, 7) is 5.46. The van der Waals surface area contributed by atoms with E-state index >= 15 is 0 Å². The van der Waals surface area contributed by atoms with Crippen LogP contribution in [0, 0.1) is 0 Å². The van der Waals surface area contributed by atoms with Crippen LogP contribution >= 0.6 is 0 Å². The Bertz CT molecular complexity index is 248. The lowest BCUT2D eigenvalue weighted by atomic mass is 9.88. The summed E-state index contributed by atoms with van der Waals surface area (Å²) in [7, 11) is 1.34. The molecule has 0 aliphatic heterocycles. The van der Waals surface area contributed by atoms with Crippen molar-refractivity contribution in [2.24, 2.45) is 5.73 Å². The summed E-state index contributed by atoms with van der Waals surface area (Å²) in [5.41, 5.74) is 4.94. The summed E-state index contributed by atoms with van der Waals surface area (Å²) in [4.78, 5) is 22.8. The predicted molar refractivity (Wildman–Crippen MR) is 61.7 cm³/mol. The highest BCUT2D eigenvalue weighted by Crippen LogP contribution is 2.20. The van der Waals surface area contributed by atoms with Crippen LogP contribution in [0.3, 0.4) is 0 Å². The van der Waals surface area contributed by atoms with E-state index in [0.29, 0.717) is 12.8 Å². The molecule has 0 aromatic carbocycles. The maximum Gasteiger partial charge on any atom is 0.307 e. The lowest BCUT2D eigenvalue weighted by molar-refractivity contribution is -0.143. The van der Waals surface area contributed by atoms with E-state index in [2.05, 4.69) is 10.1 Å². The van der Waals surface area contributed by atoms with Crippen molar-refractivity contribution in [3.63, 3.8) is 0 Å². The monoisotopic (exact) mass is 230 g/mol. The van der Waals surface area contributed by atoms with Crippen molar-refractivity contribution in [3.05, 3.63) is 0 Å². The standard InChI is InChI=1S/C11H22N2O3/c1-5-11(6-2,7-9(14)16-4)13-10(15)8(3)12/h8H,5-7,12H2,1-4H3,(H,13,15)/t8-/m0/s1. The SMILES string of the molecule is CCC(CC)(CC(=O)OC)NC(=O)[C@H](C)N. The molecule has 5 nitrogen and oxygen atoms in total. The average molecular weight is 230 g/mol. The Morgan fingerprint density at radius 3 is 2.19 bits per heavy atom. The Kier molecular flexibility index (Phi) is 6.03. The summed E-state index contributed by atoms with van der Waals surface area (Å²) < 4.78 is 4.63. The van der Waals surface area contributed by atoms with Crippen LogP contribution in [0.5, 0.6) is 0 Å². The first-order chi connectivity index (χ1) is 7.40. The maximum atomic E-state index is 11.6. The summed E-state index contributed by atoms with van der Waals surface area (Å²) in [5.74, 6) is -0.568. The lowest BCUT2D eigenvalue weighted by Crippen LogP contribution is -2.53. The molecule has 1 atom stereocenters. The van der Waals surface area contributed by atoms with Crippen LogP contribution in [0.15, 0.2) is 0 Å². The molecular weight excluding hydrogens is 208 g/mol. The number of rotatable bonds is 6. The molecule has 94 valence electrons. The third-order valence-corrected chi connectivity index (χ3v) is 2.87. The minimum Gasteiger partial charge on any atom is -0.469 e. The second-order valence-electron chi connectivity index (χ2n) is 4.02. The number of hydrogen-bond donors (Lipinski definition) is 2. The van der Waals surface area contributed by atoms with Crippen molar-refractivity contribution in [1.82, 2.24) is 5.32 Å². The quantitative estimate of drug-likeness (QED) is 0.654. The smallest absolute Gasteiger partial charge is 0.307 e. The van der Waals surface area contributed by atoms with Gasteiger partial charge in [0, 0.05) is 0 Å². The first-order valence-electron chi connectivity index (χ1n) is 5.55. The predicted octanol–water partition coefficient (Wildman–Crippen LogP) is 0.572. The van der Waals surface area contributed by atoms with E-state index in [4.69, 9.17) is 5.73 Å². The molecule has 3 N–H and O–H groups in total. The van der Waals surface area contributed by atoms with Crippen LogP contribution in [0.2, 0.25) is 0 Å². The molecule has 5 heteroatoms. The Labute approximate surface area is 96.7 Å². The van der Waals surface area contributed by atoms with E-state index < -0.39 is 11.6 Å². The maximum absolute atomic E-state index is 11.6. The van der Waals surface area contributed by atoms with Gasteiger partial charge in [-0.25, -0.2) is 0 Å². The summed E-state index contributed by atoms with van der Waals surface area (Å²) in [5, 5.41) is 2.83. The largest absolute Gasteiger partial charge is 0.469 e. The molecule has 0 aliphatic carbocycles. The van der Waals surface area contributed by atoms with Gasteiger partial charge in [-0.05, 0) is 19.8 Å². The van der Waals surface area contributed by atoms with Crippen molar-refractivity contribution >= 4 is 11.9 Å². The number of hydrogen-bond acceptors (Lipinski definition) is 4. The van der Waals surface area contributed by atoms with E-state index in [9.17, 15) is 9.59 Å². The number of methoxy groups -OCH3 is 1. The molecule has 0 bridgehead atoms. The van der Waals surface area contributed by atoms with Crippen LogP contribution in [-0.4, -0.2) is 30.6 Å². The van der Waals surface area contributed by atoms with Gasteiger partial charge in [-0.3, -0.25) is 9.59 Å². The molecule has 0 aromatic rings. The normalized spacial score (nSPS) is 13.1. The van der Waals surface area contributed by atoms with Gasteiger partial charge in [0.2, 0.25) is 5.91 Å². The molecule has 0 spiro atoms. The van der Waals surface area contributed by atoms with Gasteiger partial charge in [0.15, 0.2) is 0 Å². The molecule has 0 aliphatic rings. The Morgan fingerprint density at radius 1 is 1.38 bits per heavy atom. The third-order valence-electron chi connectivity index (χ3n) is 2.87. The molecule has 0 fully saturated rings. The molecule has 0 rings (SSSR count). The minimum atomic E-state index is -0.574. The van der Waals surface area contributed by atoms with E-state index in [1.54, 1.807) is 6.92 Å². The molecule has 16 heavy (non-hydrogen) atoms. The van der Waals surface area contributed by atoms with E-state index in [0.717, 1.165) is 0 Å². The zero-order chi connectivity index (χ0) is 12.8. The number of nitrogens with two attached hydrogens (primary N) is 1. The van der Waals surface area contributed by atoms with Crippen LogP contribution < -0.4 is 11.1 Å². The van der Waals surface area contributed by atoms with Gasteiger partial charge in [-0.2, -0.15) is 0 Å². The van der Waals surface area contributed by atoms with Gasteiger partial charge in [0.25, 0.3) is 0 Å². The van der Waals surface area contributed by atoms with Crippen LogP contribution in [0.4, 0.5) is 0 Å². The highest BCUT2D eigenvalue weighted by atomic mass is 16.5. The number of esters is 1. The zero-order valence-electron chi connectivity index (χ0n) is 10.5. The van der Waals surface area contributed by atoms with Crippen molar-refractivity contribution < 1.29 is 14.3 Å². The summed E-state index contributed by atoms with van der Waals surface area (Å²) in [6.07, 6.45) is 1.50. The fourth-order valence-corrected chi connectivity index (χ4v) is 1.44. The molecule has 0 saturated heterocycles. The van der Waals surface area contributed by atoms with Crippen LogP contribution in [0.25, 0.3) is 0 Å². The second kappa shape index (κ2) is 6.48. The fraction of sp³-hybridized carbons (Fsp3) is 0.818. The first kappa shape index (κ1) is 14.9. The molecule has 1 amide bonds. The molecular formula is C11H22N2O3. The number of nitrogens with one attached hydrogen (secondary N) is 1. The van der Waals surface area contributed by atoms with Gasteiger partial charge < -0.3 is 15.8 Å². The van der Waals surface area contributed by atoms with Crippen molar-refractivity contribution in [2.75, 3.05) is 7.11 Å². The van der Waals surface area contributed by atoms with Crippen molar-refractivity contribution in [2.45, 2.75) is 51.6 Å². The van der Waals surface area contributed by atoms with Gasteiger partial charge in [-0.1, -0.05) is 13.8 Å². The third kappa shape index (κ3) is 4.18. The molecule has 0 radical (unpaired) electrons. The first-order valence-corrected chi connectivity index (χ1v) is 5.55. The number of carbonyl (C=O) groups is 2. The highest BCUT2D eigenvalue weighted by molar-refractivity contribution is 5.82. The molecule has 0 unspecified atom stereocenters. The Hall–Kier alpha value is -1.10. The number of carbonyl (C=O) groups excluding carboxylic acids is 2. The molecule has 0 aromatic heterocycles. The van der Waals surface area contributed by atoms with Crippen molar-refractivity contribution in [3.8, 4) is 0 Å². The van der Waals surface area contributed by atoms with E-state index in [-0.39, 0.29) is 18.3 Å². The van der Waals surface area contributed by atoms with Gasteiger partial charge in [0.1, 0.15) is 0 Å². The fourth-order valence-electron chi connectivity index (χ4n) is 1.44. The Balaban J connectivity index is 4.68. The van der Waals surface area contributed by atoms with Gasteiger partial charge in [-0.15, -0.1) is 0 Å². The average Bonchev–Trinajstić information content (AvgIpc) is 2.27.